The Kier molecular flexibility index (Phi) is 17.1. The summed E-state index contributed by atoms with van der Waals surface area (Å²) in [7, 11) is 0. The van der Waals surface area contributed by atoms with Crippen LogP contribution in [0.25, 0.3) is 0 Å². The van der Waals surface area contributed by atoms with Crippen LogP contribution in [0.5, 0.6) is 0 Å². The van der Waals surface area contributed by atoms with Crippen molar-refractivity contribution in [3.63, 3.8) is 0 Å². The lowest BCUT2D eigenvalue weighted by atomic mass is 9.91. The molecule has 1 heterocycles. The molecule has 6 atom stereocenters. The van der Waals surface area contributed by atoms with E-state index < -0.39 is 59.9 Å². The van der Waals surface area contributed by atoms with Gasteiger partial charge in [0.15, 0.2) is 0 Å². The Balaban J connectivity index is 2.97. The molecule has 0 saturated carbocycles. The van der Waals surface area contributed by atoms with Crippen molar-refractivity contribution in [3.8, 4) is 0 Å². The molecule has 0 aliphatic carbocycles. The van der Waals surface area contributed by atoms with Crippen molar-refractivity contribution in [2.45, 2.75) is 106 Å². The summed E-state index contributed by atoms with van der Waals surface area (Å²) in [6.07, 6.45) is -1.78. The van der Waals surface area contributed by atoms with E-state index in [0.717, 1.165) is 10.7 Å². The molecular formula is C31H54N6O7S. The van der Waals surface area contributed by atoms with Gasteiger partial charge in [-0.2, -0.15) is 0 Å². The van der Waals surface area contributed by atoms with Crippen molar-refractivity contribution in [2.75, 3.05) is 13.1 Å². The van der Waals surface area contributed by atoms with Gasteiger partial charge < -0.3 is 36.8 Å². The molecule has 0 bridgehead atoms. The van der Waals surface area contributed by atoms with Crippen LogP contribution < -0.4 is 26.6 Å². The zero-order valence-electron chi connectivity index (χ0n) is 28.1. The normalized spacial score (nSPS) is 15.5. The zero-order valence-corrected chi connectivity index (χ0v) is 28.9. The molecule has 14 heteroatoms. The fraction of sp³-hybridized carbons (Fsp3) is 0.742. The lowest BCUT2D eigenvalue weighted by Gasteiger charge is -2.30. The van der Waals surface area contributed by atoms with Gasteiger partial charge in [0, 0.05) is 35.9 Å². The van der Waals surface area contributed by atoms with E-state index in [2.05, 4.69) is 31.6 Å². The summed E-state index contributed by atoms with van der Waals surface area (Å²) in [5, 5.41) is 36.2. The molecule has 7 N–H and O–H groups in total. The number of hydrogen-bond acceptors (Lipinski definition) is 8. The number of nitrogens with one attached hydrogen (secondary N) is 5. The highest BCUT2D eigenvalue weighted by Crippen LogP contribution is 2.17. The first-order chi connectivity index (χ1) is 20.9. The van der Waals surface area contributed by atoms with Crippen LogP contribution in [0.2, 0.25) is 0 Å². The third-order valence-corrected chi connectivity index (χ3v) is 8.17. The second kappa shape index (κ2) is 19.3. The summed E-state index contributed by atoms with van der Waals surface area (Å²) in [6, 6.07) is -2.77. The number of hydrogen-bond donors (Lipinski definition) is 7. The highest BCUT2D eigenvalue weighted by molar-refractivity contribution is 7.09. The maximum absolute atomic E-state index is 13.4. The fourth-order valence-electron chi connectivity index (χ4n) is 4.55. The van der Waals surface area contributed by atoms with Crippen LogP contribution in [-0.4, -0.2) is 82.2 Å². The molecular weight excluding hydrogens is 600 g/mol. The van der Waals surface area contributed by atoms with Crippen LogP contribution in [0.4, 0.5) is 4.79 Å². The van der Waals surface area contributed by atoms with E-state index in [1.54, 1.807) is 13.8 Å². The summed E-state index contributed by atoms with van der Waals surface area (Å²) in [5.74, 6) is -2.87. The van der Waals surface area contributed by atoms with Gasteiger partial charge in [0.1, 0.15) is 12.1 Å². The monoisotopic (exact) mass is 654 g/mol. The minimum absolute atomic E-state index is 0.00338. The molecule has 0 aliphatic heterocycles. The van der Waals surface area contributed by atoms with Crippen LogP contribution in [0.15, 0.2) is 5.38 Å². The molecule has 0 aromatic carbocycles. The summed E-state index contributed by atoms with van der Waals surface area (Å²) in [6.45, 7) is 16.7. The SMILES string of the molecule is Cc1csc(C[C@H](C)C(=O)N[C@@H](CNC(=O)O)C(=O)N[C@@H](CC(C)C)[C@H](O)C[C@@H](C)C(=O)N[C@H](C(=O)NCC(C)C)C(C)C)n1. The quantitative estimate of drug-likeness (QED) is 0.118. The lowest BCUT2D eigenvalue weighted by molar-refractivity contribution is -0.133. The predicted molar refractivity (Wildman–Crippen MR) is 173 cm³/mol. The number of carbonyl (C=O) groups excluding carboxylic acids is 4. The van der Waals surface area contributed by atoms with Gasteiger partial charge in [-0.3, -0.25) is 19.2 Å². The van der Waals surface area contributed by atoms with Crippen molar-refractivity contribution in [3.05, 3.63) is 16.1 Å². The summed E-state index contributed by atoms with van der Waals surface area (Å²) in [5.41, 5.74) is 0.846. The standard InChI is InChI=1S/C31H54N6O7S/c1-16(2)10-22(24(38)11-19(7)28(40)37-26(18(5)6)30(42)32-13-17(3)4)35-29(41)23(14-33-31(43)44)36-27(39)20(8)12-25-34-21(9)15-45-25/h15-20,22-24,26,33,38H,10-14H2,1-9H3,(H,32,42)(H,35,41)(H,36,39)(H,37,40)(H,43,44)/t19-,20+,22+,23+,24-,26+/m1/s1. The number of amides is 5. The molecule has 0 spiro atoms. The Hall–Kier alpha value is -3.26. The Morgan fingerprint density at radius 3 is 1.91 bits per heavy atom. The van der Waals surface area contributed by atoms with Crippen molar-refractivity contribution < 1.29 is 34.2 Å². The Bertz CT molecular complexity index is 1130. The molecule has 1 aromatic heterocycles. The first-order valence-corrected chi connectivity index (χ1v) is 16.5. The highest BCUT2D eigenvalue weighted by Gasteiger charge is 2.32. The predicted octanol–water partition coefficient (Wildman–Crippen LogP) is 2.21. The molecule has 0 fully saturated rings. The molecule has 0 unspecified atom stereocenters. The molecule has 0 saturated heterocycles. The molecule has 0 aliphatic rings. The Labute approximate surface area is 271 Å². The van der Waals surface area contributed by atoms with Gasteiger partial charge in [-0.1, -0.05) is 55.4 Å². The molecule has 1 rings (SSSR count). The second-order valence-corrected chi connectivity index (χ2v) is 14.0. The number of aryl methyl sites for hydroxylation is 1. The van der Waals surface area contributed by atoms with Gasteiger partial charge in [0.25, 0.3) is 0 Å². The van der Waals surface area contributed by atoms with Crippen molar-refractivity contribution >= 4 is 41.1 Å². The van der Waals surface area contributed by atoms with E-state index >= 15 is 0 Å². The number of aromatic nitrogens is 1. The summed E-state index contributed by atoms with van der Waals surface area (Å²) in [4.78, 5) is 67.7. The largest absolute Gasteiger partial charge is 0.465 e. The van der Waals surface area contributed by atoms with Crippen LogP contribution in [0.1, 0.15) is 78.9 Å². The van der Waals surface area contributed by atoms with Gasteiger partial charge in [-0.05, 0) is 37.5 Å². The lowest BCUT2D eigenvalue weighted by Crippen LogP contribution is -2.57. The third-order valence-electron chi connectivity index (χ3n) is 7.18. The number of rotatable bonds is 19. The minimum atomic E-state index is -1.36. The average Bonchev–Trinajstić information content (AvgIpc) is 3.35. The van der Waals surface area contributed by atoms with Gasteiger partial charge in [-0.15, -0.1) is 11.3 Å². The number of nitrogens with zero attached hydrogens (tertiary/aromatic N) is 1. The first-order valence-electron chi connectivity index (χ1n) is 15.7. The summed E-state index contributed by atoms with van der Waals surface area (Å²) >= 11 is 1.43. The average molecular weight is 655 g/mol. The van der Waals surface area contributed by atoms with Gasteiger partial charge >= 0.3 is 6.09 Å². The van der Waals surface area contributed by atoms with Crippen LogP contribution in [0.3, 0.4) is 0 Å². The Morgan fingerprint density at radius 1 is 0.778 bits per heavy atom. The number of carbonyl (C=O) groups is 5. The van der Waals surface area contributed by atoms with E-state index in [0.29, 0.717) is 19.4 Å². The first kappa shape index (κ1) is 39.8. The maximum atomic E-state index is 13.4. The molecule has 1 aromatic rings. The molecule has 13 nitrogen and oxygen atoms in total. The van der Waals surface area contributed by atoms with E-state index in [1.807, 2.05) is 53.8 Å². The van der Waals surface area contributed by atoms with Crippen LogP contribution in [-0.2, 0) is 25.6 Å². The second-order valence-electron chi connectivity index (χ2n) is 13.1. The van der Waals surface area contributed by atoms with Crippen molar-refractivity contribution in [1.82, 2.24) is 31.6 Å². The molecule has 5 amide bonds. The zero-order chi connectivity index (χ0) is 34.4. The topological polar surface area (TPSA) is 199 Å². The van der Waals surface area contributed by atoms with Gasteiger partial charge in [0.2, 0.25) is 23.6 Å². The van der Waals surface area contributed by atoms with Gasteiger partial charge in [-0.25, -0.2) is 9.78 Å². The van der Waals surface area contributed by atoms with Crippen molar-refractivity contribution in [1.29, 1.82) is 0 Å². The van der Waals surface area contributed by atoms with Crippen LogP contribution >= 0.6 is 11.3 Å². The molecule has 256 valence electrons. The smallest absolute Gasteiger partial charge is 0.404 e. The minimum Gasteiger partial charge on any atom is -0.465 e. The van der Waals surface area contributed by atoms with E-state index in [1.165, 1.54) is 11.3 Å². The Morgan fingerprint density at radius 2 is 1.40 bits per heavy atom. The summed E-state index contributed by atoms with van der Waals surface area (Å²) < 4.78 is 0. The van der Waals surface area contributed by atoms with E-state index in [4.69, 9.17) is 5.11 Å². The van der Waals surface area contributed by atoms with E-state index in [-0.39, 0.29) is 36.6 Å². The molecule has 45 heavy (non-hydrogen) atoms. The number of carboxylic acid groups (broad SMARTS) is 1. The third kappa shape index (κ3) is 15.0. The van der Waals surface area contributed by atoms with Crippen molar-refractivity contribution in [2.24, 2.45) is 29.6 Å². The number of aliphatic hydroxyl groups excluding tert-OH is 1. The molecule has 0 radical (unpaired) electrons. The maximum Gasteiger partial charge on any atom is 0.404 e. The van der Waals surface area contributed by atoms with E-state index in [9.17, 15) is 29.1 Å². The number of thiazole rings is 1. The number of aliphatic hydroxyl groups is 1. The fourth-order valence-corrected chi connectivity index (χ4v) is 5.45. The van der Waals surface area contributed by atoms with Gasteiger partial charge in [0.05, 0.1) is 23.7 Å². The highest BCUT2D eigenvalue weighted by atomic mass is 32.1. The van der Waals surface area contributed by atoms with Crippen LogP contribution in [0, 0.1) is 36.5 Å².